The first kappa shape index (κ1) is 9.07. The third-order valence-corrected chi connectivity index (χ3v) is 1.57. The van der Waals surface area contributed by atoms with Crippen LogP contribution in [0.2, 0.25) is 5.15 Å². The van der Waals surface area contributed by atoms with Gasteiger partial charge in [-0.2, -0.15) is 0 Å². The molecule has 0 aliphatic rings. The predicted octanol–water partition coefficient (Wildman–Crippen LogP) is 2.61. The highest BCUT2D eigenvalue weighted by Gasteiger charge is 1.99. The van der Waals surface area contributed by atoms with Crippen molar-refractivity contribution in [2.45, 2.75) is 6.92 Å². The van der Waals surface area contributed by atoms with E-state index in [4.69, 9.17) is 16.3 Å². The molecular formula is C9H10ClNO. The van der Waals surface area contributed by atoms with Crippen LogP contribution in [0.5, 0.6) is 5.75 Å². The summed E-state index contributed by atoms with van der Waals surface area (Å²) in [4.78, 5) is 4.03. The van der Waals surface area contributed by atoms with Gasteiger partial charge in [0, 0.05) is 0 Å². The summed E-state index contributed by atoms with van der Waals surface area (Å²) in [5.74, 6) is 0.749. The maximum Gasteiger partial charge on any atom is 0.141 e. The molecule has 0 atom stereocenters. The first-order valence-corrected chi connectivity index (χ1v) is 3.98. The van der Waals surface area contributed by atoms with Crippen LogP contribution in [0.25, 0.3) is 0 Å². The lowest BCUT2D eigenvalue weighted by Crippen LogP contribution is -1.96. The molecule has 0 fully saturated rings. The maximum atomic E-state index is 5.66. The zero-order valence-electron chi connectivity index (χ0n) is 6.88. The Morgan fingerprint density at radius 2 is 2.42 bits per heavy atom. The molecule has 1 rings (SSSR count). The number of aryl methyl sites for hydroxylation is 1. The van der Waals surface area contributed by atoms with Crippen molar-refractivity contribution >= 4 is 11.6 Å². The van der Waals surface area contributed by atoms with Crippen molar-refractivity contribution in [2.75, 3.05) is 6.61 Å². The summed E-state index contributed by atoms with van der Waals surface area (Å²) in [6.45, 7) is 5.89. The van der Waals surface area contributed by atoms with Gasteiger partial charge < -0.3 is 4.74 Å². The van der Waals surface area contributed by atoms with Crippen molar-refractivity contribution in [3.05, 3.63) is 35.6 Å². The smallest absolute Gasteiger partial charge is 0.141 e. The summed E-state index contributed by atoms with van der Waals surface area (Å²) >= 11 is 5.66. The fraction of sp³-hybridized carbons (Fsp3) is 0.222. The van der Waals surface area contributed by atoms with Gasteiger partial charge >= 0.3 is 0 Å². The molecule has 2 nitrogen and oxygen atoms in total. The van der Waals surface area contributed by atoms with Crippen LogP contribution in [-0.4, -0.2) is 11.6 Å². The van der Waals surface area contributed by atoms with E-state index in [-0.39, 0.29) is 0 Å². The lowest BCUT2D eigenvalue weighted by Gasteiger charge is -2.05. The molecule has 0 aromatic carbocycles. The van der Waals surface area contributed by atoms with Gasteiger partial charge in [-0.25, -0.2) is 4.98 Å². The molecule has 1 heterocycles. The third-order valence-electron chi connectivity index (χ3n) is 1.36. The molecule has 0 aliphatic carbocycles. The van der Waals surface area contributed by atoms with Gasteiger partial charge in [0.25, 0.3) is 0 Å². The molecule has 3 heteroatoms. The van der Waals surface area contributed by atoms with Crippen LogP contribution < -0.4 is 4.74 Å². The largest absolute Gasteiger partial charge is 0.488 e. The van der Waals surface area contributed by atoms with Gasteiger partial charge in [0.05, 0.1) is 5.69 Å². The van der Waals surface area contributed by atoms with Gasteiger partial charge in [0.1, 0.15) is 17.5 Å². The number of ether oxygens (including phenoxy) is 1. The van der Waals surface area contributed by atoms with Crippen molar-refractivity contribution in [3.8, 4) is 5.75 Å². The normalized spacial score (nSPS) is 9.50. The summed E-state index contributed by atoms with van der Waals surface area (Å²) < 4.78 is 5.30. The SMILES string of the molecule is C=CCOc1ccc(Cl)nc1C. The molecule has 0 unspecified atom stereocenters. The Morgan fingerprint density at radius 1 is 1.67 bits per heavy atom. The average molecular weight is 184 g/mol. The van der Waals surface area contributed by atoms with Crippen molar-refractivity contribution in [1.29, 1.82) is 0 Å². The number of halogens is 1. The highest BCUT2D eigenvalue weighted by Crippen LogP contribution is 2.17. The maximum absolute atomic E-state index is 5.66. The van der Waals surface area contributed by atoms with Crippen LogP contribution in [-0.2, 0) is 0 Å². The molecule has 0 radical (unpaired) electrons. The molecule has 0 N–H and O–H groups in total. The fourth-order valence-corrected chi connectivity index (χ4v) is 1.01. The monoisotopic (exact) mass is 183 g/mol. The van der Waals surface area contributed by atoms with E-state index in [0.29, 0.717) is 11.8 Å². The standard InChI is InChI=1S/C9H10ClNO/c1-3-6-12-8-4-5-9(10)11-7(8)2/h3-5H,1,6H2,2H3. The number of hydrogen-bond donors (Lipinski definition) is 0. The molecule has 12 heavy (non-hydrogen) atoms. The van der Waals surface area contributed by atoms with Crippen molar-refractivity contribution in [2.24, 2.45) is 0 Å². The van der Waals surface area contributed by atoms with Gasteiger partial charge in [-0.3, -0.25) is 0 Å². The number of nitrogens with zero attached hydrogens (tertiary/aromatic N) is 1. The van der Waals surface area contributed by atoms with E-state index < -0.39 is 0 Å². The average Bonchev–Trinajstić information content (AvgIpc) is 2.03. The Bertz CT molecular complexity index is 286. The second-order valence-electron chi connectivity index (χ2n) is 2.32. The topological polar surface area (TPSA) is 22.1 Å². The Balaban J connectivity index is 2.78. The van der Waals surface area contributed by atoms with Crippen LogP contribution in [0.3, 0.4) is 0 Å². The highest BCUT2D eigenvalue weighted by atomic mass is 35.5. The molecule has 0 saturated heterocycles. The summed E-state index contributed by atoms with van der Waals surface area (Å²) in [5.41, 5.74) is 0.796. The van der Waals surface area contributed by atoms with Gasteiger partial charge in [0.2, 0.25) is 0 Å². The molecule has 64 valence electrons. The van der Waals surface area contributed by atoms with Crippen LogP contribution in [0.1, 0.15) is 5.69 Å². The van der Waals surface area contributed by atoms with Crippen LogP contribution in [0.15, 0.2) is 24.8 Å². The van der Waals surface area contributed by atoms with E-state index in [1.165, 1.54) is 0 Å². The van der Waals surface area contributed by atoms with Gasteiger partial charge in [-0.05, 0) is 19.1 Å². The van der Waals surface area contributed by atoms with Gasteiger partial charge in [-0.1, -0.05) is 24.3 Å². The summed E-state index contributed by atoms with van der Waals surface area (Å²) in [7, 11) is 0. The first-order chi connectivity index (χ1) is 5.74. The molecule has 0 bridgehead atoms. The summed E-state index contributed by atoms with van der Waals surface area (Å²) in [6, 6.07) is 3.50. The number of pyridine rings is 1. The molecule has 0 spiro atoms. The third kappa shape index (κ3) is 2.24. The second kappa shape index (κ2) is 4.12. The van der Waals surface area contributed by atoms with E-state index >= 15 is 0 Å². The molecule has 1 aromatic rings. The minimum Gasteiger partial charge on any atom is -0.488 e. The number of hydrogen-bond acceptors (Lipinski definition) is 2. The van der Waals surface area contributed by atoms with E-state index in [0.717, 1.165) is 11.4 Å². The number of aromatic nitrogens is 1. The Hall–Kier alpha value is -1.02. The molecule has 1 aromatic heterocycles. The Labute approximate surface area is 76.8 Å². The zero-order valence-corrected chi connectivity index (χ0v) is 7.64. The second-order valence-corrected chi connectivity index (χ2v) is 2.70. The number of rotatable bonds is 3. The van der Waals surface area contributed by atoms with E-state index in [1.807, 2.05) is 6.92 Å². The minimum atomic E-state index is 0.485. The van der Waals surface area contributed by atoms with Crippen LogP contribution in [0, 0.1) is 6.92 Å². The molecular weight excluding hydrogens is 174 g/mol. The predicted molar refractivity (Wildman–Crippen MR) is 49.7 cm³/mol. The fourth-order valence-electron chi connectivity index (χ4n) is 0.819. The van der Waals surface area contributed by atoms with Crippen LogP contribution >= 0.6 is 11.6 Å². The molecule has 0 amide bonds. The van der Waals surface area contributed by atoms with Crippen LogP contribution in [0.4, 0.5) is 0 Å². The van der Waals surface area contributed by atoms with Gasteiger partial charge in [0.15, 0.2) is 0 Å². The minimum absolute atomic E-state index is 0.485. The Kier molecular flexibility index (Phi) is 3.11. The van der Waals surface area contributed by atoms with Crippen molar-refractivity contribution < 1.29 is 4.74 Å². The van der Waals surface area contributed by atoms with Gasteiger partial charge in [-0.15, -0.1) is 0 Å². The molecule has 0 aliphatic heterocycles. The highest BCUT2D eigenvalue weighted by molar-refractivity contribution is 6.29. The summed E-state index contributed by atoms with van der Waals surface area (Å²) in [5, 5.41) is 0.485. The molecule has 0 saturated carbocycles. The van der Waals surface area contributed by atoms with Crippen molar-refractivity contribution in [3.63, 3.8) is 0 Å². The first-order valence-electron chi connectivity index (χ1n) is 3.61. The van der Waals surface area contributed by atoms with E-state index in [2.05, 4.69) is 11.6 Å². The summed E-state index contributed by atoms with van der Waals surface area (Å²) in [6.07, 6.45) is 1.69. The quantitative estimate of drug-likeness (QED) is 0.531. The Morgan fingerprint density at radius 3 is 3.00 bits per heavy atom. The van der Waals surface area contributed by atoms with Crippen molar-refractivity contribution in [1.82, 2.24) is 4.98 Å². The lowest BCUT2D eigenvalue weighted by molar-refractivity contribution is 0.358. The van der Waals surface area contributed by atoms with E-state index in [1.54, 1.807) is 18.2 Å². The lowest BCUT2D eigenvalue weighted by atomic mass is 10.3. The zero-order chi connectivity index (χ0) is 8.97. The van der Waals surface area contributed by atoms with E-state index in [9.17, 15) is 0 Å².